The Morgan fingerprint density at radius 2 is 1.93 bits per heavy atom. The highest BCUT2D eigenvalue weighted by Gasteiger charge is 2.28. The second-order valence-corrected chi connectivity index (χ2v) is 6.18. The smallest absolute Gasteiger partial charge is 0.0565 e. The molecular weight excluding hydrogens is 194 g/mol. The first-order valence-corrected chi connectivity index (χ1v) is 6.46. The Morgan fingerprint density at radius 3 is 2.29 bits per heavy atom. The van der Waals surface area contributed by atoms with Crippen molar-refractivity contribution in [2.24, 2.45) is 11.1 Å². The van der Waals surface area contributed by atoms with Gasteiger partial charge in [-0.05, 0) is 17.6 Å². The molecule has 0 amide bonds. The molecule has 2 nitrogen and oxygen atoms in total. The molecule has 0 aromatic rings. The Labute approximate surface area is 92.6 Å². The van der Waals surface area contributed by atoms with Gasteiger partial charge in [-0.15, -0.1) is 0 Å². The van der Waals surface area contributed by atoms with E-state index in [-0.39, 0.29) is 23.3 Å². The number of rotatable bonds is 6. The lowest BCUT2D eigenvalue weighted by Crippen LogP contribution is -2.45. The Hall–Kier alpha value is 0.270. The van der Waals surface area contributed by atoms with E-state index in [1.54, 1.807) is 11.8 Å². The highest BCUT2D eigenvalue weighted by Crippen LogP contribution is 2.27. The minimum Gasteiger partial charge on any atom is -0.395 e. The van der Waals surface area contributed by atoms with Crippen molar-refractivity contribution < 1.29 is 5.11 Å². The van der Waals surface area contributed by atoms with Crippen molar-refractivity contribution >= 4 is 11.8 Å². The molecule has 0 radical (unpaired) electrons. The van der Waals surface area contributed by atoms with E-state index in [1.165, 1.54) is 12.8 Å². The third-order valence-corrected chi connectivity index (χ3v) is 3.81. The Bertz CT molecular complexity index is 145. The number of unbranched alkanes of at least 4 members (excludes halogenated alkanes) is 1. The normalized spacial score (nSPS) is 16.7. The molecular formula is C11H25NOS. The SMILES string of the molecule is CCCCSC(CO)C(N)C(C)(C)C. The second-order valence-electron chi connectivity index (χ2n) is 4.84. The summed E-state index contributed by atoms with van der Waals surface area (Å²) in [4.78, 5) is 0. The van der Waals surface area contributed by atoms with Gasteiger partial charge in [0.25, 0.3) is 0 Å². The molecule has 0 bridgehead atoms. The maximum atomic E-state index is 9.26. The number of thioether (sulfide) groups is 1. The van der Waals surface area contributed by atoms with Crippen molar-refractivity contribution in [1.29, 1.82) is 0 Å². The molecule has 0 saturated carbocycles. The standard InChI is InChI=1S/C11H25NOS/c1-5-6-7-14-9(8-13)10(12)11(2,3)4/h9-10,13H,5-8,12H2,1-4H3. The van der Waals surface area contributed by atoms with E-state index in [0.717, 1.165) is 5.75 Å². The summed E-state index contributed by atoms with van der Waals surface area (Å²) in [7, 11) is 0. The summed E-state index contributed by atoms with van der Waals surface area (Å²) in [6, 6.07) is 0.0642. The molecule has 3 heteroatoms. The highest BCUT2D eigenvalue weighted by atomic mass is 32.2. The minimum atomic E-state index is 0.0642. The van der Waals surface area contributed by atoms with Crippen LogP contribution >= 0.6 is 11.8 Å². The van der Waals surface area contributed by atoms with Crippen LogP contribution in [0.15, 0.2) is 0 Å². The van der Waals surface area contributed by atoms with E-state index in [4.69, 9.17) is 5.73 Å². The molecule has 0 heterocycles. The van der Waals surface area contributed by atoms with Crippen molar-refractivity contribution in [3.63, 3.8) is 0 Å². The zero-order valence-electron chi connectivity index (χ0n) is 9.92. The Morgan fingerprint density at radius 1 is 1.36 bits per heavy atom. The van der Waals surface area contributed by atoms with Crippen LogP contribution in [-0.4, -0.2) is 28.8 Å². The number of hydrogen-bond donors (Lipinski definition) is 2. The summed E-state index contributed by atoms with van der Waals surface area (Å²) in [5.41, 5.74) is 6.18. The van der Waals surface area contributed by atoms with Crippen LogP contribution in [0.2, 0.25) is 0 Å². The molecule has 0 rings (SSSR count). The van der Waals surface area contributed by atoms with Gasteiger partial charge in [-0.3, -0.25) is 0 Å². The van der Waals surface area contributed by atoms with Crippen LogP contribution in [0, 0.1) is 5.41 Å². The molecule has 2 atom stereocenters. The van der Waals surface area contributed by atoms with Crippen LogP contribution in [0.1, 0.15) is 40.5 Å². The third-order valence-electron chi connectivity index (χ3n) is 2.41. The van der Waals surface area contributed by atoms with Gasteiger partial charge in [0.05, 0.1) is 6.61 Å². The fourth-order valence-corrected chi connectivity index (χ4v) is 2.69. The Kier molecular flexibility index (Phi) is 6.83. The van der Waals surface area contributed by atoms with Crippen molar-refractivity contribution in [1.82, 2.24) is 0 Å². The molecule has 0 aromatic heterocycles. The fraction of sp³-hybridized carbons (Fsp3) is 1.00. The van der Waals surface area contributed by atoms with Gasteiger partial charge in [-0.25, -0.2) is 0 Å². The van der Waals surface area contributed by atoms with E-state index in [1.807, 2.05) is 0 Å². The molecule has 0 aromatic carbocycles. The summed E-state index contributed by atoms with van der Waals surface area (Å²) in [6.45, 7) is 8.74. The predicted molar refractivity (Wildman–Crippen MR) is 65.7 cm³/mol. The summed E-state index contributed by atoms with van der Waals surface area (Å²) in [6.07, 6.45) is 2.41. The van der Waals surface area contributed by atoms with E-state index >= 15 is 0 Å². The molecule has 0 aliphatic carbocycles. The Balaban J connectivity index is 3.99. The first kappa shape index (κ1) is 14.3. The number of aliphatic hydroxyl groups excluding tert-OH is 1. The predicted octanol–water partition coefficient (Wildman–Crippen LogP) is 2.25. The second kappa shape index (κ2) is 6.70. The molecule has 0 fully saturated rings. The van der Waals surface area contributed by atoms with Crippen molar-refractivity contribution in [2.45, 2.75) is 51.8 Å². The van der Waals surface area contributed by atoms with Crippen molar-refractivity contribution in [3.05, 3.63) is 0 Å². The fourth-order valence-electron chi connectivity index (χ4n) is 1.21. The quantitative estimate of drug-likeness (QED) is 0.674. The molecule has 0 aliphatic rings. The van der Waals surface area contributed by atoms with E-state index in [0.29, 0.717) is 0 Å². The lowest BCUT2D eigenvalue weighted by atomic mass is 9.85. The monoisotopic (exact) mass is 219 g/mol. The molecule has 0 aliphatic heterocycles. The minimum absolute atomic E-state index is 0.0642. The number of aliphatic hydroxyl groups is 1. The maximum Gasteiger partial charge on any atom is 0.0565 e. The average Bonchev–Trinajstić information content (AvgIpc) is 2.10. The molecule has 86 valence electrons. The maximum absolute atomic E-state index is 9.26. The van der Waals surface area contributed by atoms with Crippen LogP contribution in [-0.2, 0) is 0 Å². The topological polar surface area (TPSA) is 46.2 Å². The van der Waals surface area contributed by atoms with E-state index in [9.17, 15) is 5.11 Å². The van der Waals surface area contributed by atoms with Crippen LogP contribution in [0.5, 0.6) is 0 Å². The molecule has 3 N–H and O–H groups in total. The van der Waals surface area contributed by atoms with Crippen LogP contribution in [0.25, 0.3) is 0 Å². The van der Waals surface area contributed by atoms with Gasteiger partial charge in [0.2, 0.25) is 0 Å². The molecule has 0 spiro atoms. The molecule has 0 saturated heterocycles. The molecule has 2 unspecified atom stereocenters. The first-order valence-electron chi connectivity index (χ1n) is 5.41. The van der Waals surface area contributed by atoms with Gasteiger partial charge < -0.3 is 10.8 Å². The van der Waals surface area contributed by atoms with Gasteiger partial charge in [0.15, 0.2) is 0 Å². The van der Waals surface area contributed by atoms with Gasteiger partial charge in [-0.1, -0.05) is 34.1 Å². The largest absolute Gasteiger partial charge is 0.395 e. The third kappa shape index (κ3) is 5.23. The highest BCUT2D eigenvalue weighted by molar-refractivity contribution is 7.99. The summed E-state index contributed by atoms with van der Waals surface area (Å²) in [5.74, 6) is 1.10. The number of nitrogens with two attached hydrogens (primary N) is 1. The average molecular weight is 219 g/mol. The lowest BCUT2D eigenvalue weighted by molar-refractivity contribution is 0.233. The van der Waals surface area contributed by atoms with Crippen molar-refractivity contribution in [2.75, 3.05) is 12.4 Å². The summed E-state index contributed by atoms with van der Waals surface area (Å²) in [5, 5.41) is 9.44. The zero-order chi connectivity index (χ0) is 11.2. The van der Waals surface area contributed by atoms with E-state index in [2.05, 4.69) is 27.7 Å². The lowest BCUT2D eigenvalue weighted by Gasteiger charge is -2.32. The van der Waals surface area contributed by atoms with E-state index < -0.39 is 0 Å². The first-order chi connectivity index (χ1) is 6.43. The zero-order valence-corrected chi connectivity index (χ0v) is 10.7. The molecule has 14 heavy (non-hydrogen) atoms. The van der Waals surface area contributed by atoms with Crippen LogP contribution in [0.4, 0.5) is 0 Å². The van der Waals surface area contributed by atoms with Crippen LogP contribution < -0.4 is 5.73 Å². The van der Waals surface area contributed by atoms with Gasteiger partial charge >= 0.3 is 0 Å². The summed E-state index contributed by atoms with van der Waals surface area (Å²) >= 11 is 1.81. The number of hydrogen-bond acceptors (Lipinski definition) is 3. The van der Waals surface area contributed by atoms with Gasteiger partial charge in [0, 0.05) is 11.3 Å². The van der Waals surface area contributed by atoms with Gasteiger partial charge in [-0.2, -0.15) is 11.8 Å². The van der Waals surface area contributed by atoms with Gasteiger partial charge in [0.1, 0.15) is 0 Å². The van der Waals surface area contributed by atoms with Crippen molar-refractivity contribution in [3.8, 4) is 0 Å². The van der Waals surface area contributed by atoms with Crippen LogP contribution in [0.3, 0.4) is 0 Å². The summed E-state index contributed by atoms with van der Waals surface area (Å²) < 4.78 is 0.